The van der Waals surface area contributed by atoms with Gasteiger partial charge in [-0.25, -0.2) is 0 Å². The third-order valence-corrected chi connectivity index (χ3v) is 2.98. The first-order valence-corrected chi connectivity index (χ1v) is 6.90. The van der Waals surface area contributed by atoms with Gasteiger partial charge in [0.05, 0.1) is 13.2 Å². The summed E-state index contributed by atoms with van der Waals surface area (Å²) in [5.41, 5.74) is 5.98. The van der Waals surface area contributed by atoms with Gasteiger partial charge in [0.25, 0.3) is 0 Å². The lowest BCUT2D eigenvalue weighted by Gasteiger charge is -2.29. The second kappa shape index (κ2) is 5.78. The van der Waals surface area contributed by atoms with Gasteiger partial charge in [0, 0.05) is 26.7 Å². The van der Waals surface area contributed by atoms with Crippen molar-refractivity contribution in [1.29, 1.82) is 0 Å². The van der Waals surface area contributed by atoms with Crippen LogP contribution >= 0.6 is 0 Å². The molecule has 1 aromatic rings. The lowest BCUT2D eigenvalue weighted by molar-refractivity contribution is 0.122. The van der Waals surface area contributed by atoms with Gasteiger partial charge in [-0.1, -0.05) is 20.8 Å². The predicted molar refractivity (Wildman–Crippen MR) is 80.0 cm³/mol. The summed E-state index contributed by atoms with van der Waals surface area (Å²) >= 11 is 0. The summed E-state index contributed by atoms with van der Waals surface area (Å²) in [6.07, 6.45) is 0. The van der Waals surface area contributed by atoms with Gasteiger partial charge in [-0.05, 0) is 5.41 Å². The highest BCUT2D eigenvalue weighted by molar-refractivity contribution is 5.43. The fraction of sp³-hybridized carbons (Fsp3) is 0.769. The van der Waals surface area contributed by atoms with Gasteiger partial charge in [-0.2, -0.15) is 15.0 Å². The zero-order valence-electron chi connectivity index (χ0n) is 12.8. The average Bonchev–Trinajstić information content (AvgIpc) is 2.37. The first-order valence-electron chi connectivity index (χ1n) is 6.90. The van der Waals surface area contributed by atoms with Gasteiger partial charge in [0.15, 0.2) is 0 Å². The number of morpholine rings is 1. The second-order valence-electron chi connectivity index (χ2n) is 6.31. The third kappa shape index (κ3) is 3.93. The molecule has 7 nitrogen and oxygen atoms in total. The molecule has 0 bridgehead atoms. The molecular weight excluding hydrogens is 256 g/mol. The summed E-state index contributed by atoms with van der Waals surface area (Å²) in [5.74, 6) is 1.52. The van der Waals surface area contributed by atoms with Gasteiger partial charge in [0.2, 0.25) is 17.8 Å². The first kappa shape index (κ1) is 14.8. The van der Waals surface area contributed by atoms with E-state index < -0.39 is 0 Å². The van der Waals surface area contributed by atoms with Crippen molar-refractivity contribution in [2.75, 3.05) is 55.4 Å². The summed E-state index contributed by atoms with van der Waals surface area (Å²) in [5, 5.41) is 0. The fourth-order valence-corrected chi connectivity index (χ4v) is 2.23. The molecule has 1 aliphatic heterocycles. The van der Waals surface area contributed by atoms with E-state index in [-0.39, 0.29) is 11.4 Å². The molecule has 0 radical (unpaired) electrons. The number of nitrogen functional groups attached to an aromatic ring is 1. The Labute approximate surface area is 120 Å². The van der Waals surface area contributed by atoms with Crippen LogP contribution in [0, 0.1) is 5.41 Å². The van der Waals surface area contributed by atoms with Crippen LogP contribution < -0.4 is 15.5 Å². The van der Waals surface area contributed by atoms with Crippen molar-refractivity contribution in [3.63, 3.8) is 0 Å². The maximum absolute atomic E-state index is 5.82. The topological polar surface area (TPSA) is 80.4 Å². The summed E-state index contributed by atoms with van der Waals surface area (Å²) < 4.78 is 5.34. The molecule has 0 unspecified atom stereocenters. The standard InChI is InChI=1S/C13H24N6O/c1-13(2,3)9-18(4)11-15-10(14)16-12(17-11)19-5-7-20-8-6-19/h5-9H2,1-4H3,(H2,14,15,16,17). The summed E-state index contributed by atoms with van der Waals surface area (Å²) in [6.45, 7) is 10.3. The van der Waals surface area contributed by atoms with Gasteiger partial charge in [-0.3, -0.25) is 0 Å². The van der Waals surface area contributed by atoms with E-state index in [1.54, 1.807) is 0 Å². The lowest BCUT2D eigenvalue weighted by atomic mass is 9.96. The van der Waals surface area contributed by atoms with Crippen LogP contribution in [0.5, 0.6) is 0 Å². The molecular formula is C13H24N6O. The molecule has 20 heavy (non-hydrogen) atoms. The van der Waals surface area contributed by atoms with E-state index in [0.29, 0.717) is 25.1 Å². The first-order chi connectivity index (χ1) is 9.35. The molecule has 1 fully saturated rings. The van der Waals surface area contributed by atoms with Gasteiger partial charge >= 0.3 is 0 Å². The Morgan fingerprint density at radius 2 is 1.85 bits per heavy atom. The zero-order chi connectivity index (χ0) is 14.8. The minimum Gasteiger partial charge on any atom is -0.378 e. The monoisotopic (exact) mass is 280 g/mol. The van der Waals surface area contributed by atoms with Crippen molar-refractivity contribution in [3.05, 3.63) is 0 Å². The Kier molecular flexibility index (Phi) is 4.27. The van der Waals surface area contributed by atoms with E-state index in [1.807, 2.05) is 11.9 Å². The predicted octanol–water partition coefficient (Wildman–Crippen LogP) is 0.773. The number of nitrogens with two attached hydrogens (primary N) is 1. The zero-order valence-corrected chi connectivity index (χ0v) is 12.8. The van der Waals surface area contributed by atoms with Crippen LogP contribution in [-0.2, 0) is 4.74 Å². The normalized spacial score (nSPS) is 16.3. The van der Waals surface area contributed by atoms with Gasteiger partial charge < -0.3 is 20.3 Å². The molecule has 0 spiro atoms. The average molecular weight is 280 g/mol. The quantitative estimate of drug-likeness (QED) is 0.876. The van der Waals surface area contributed by atoms with E-state index >= 15 is 0 Å². The molecule has 0 saturated carbocycles. The van der Waals surface area contributed by atoms with Crippen molar-refractivity contribution in [2.24, 2.45) is 5.41 Å². The Balaban J connectivity index is 2.19. The SMILES string of the molecule is CN(CC(C)(C)C)c1nc(N)nc(N2CCOCC2)n1. The number of hydrogen-bond acceptors (Lipinski definition) is 7. The minimum atomic E-state index is 0.162. The van der Waals surface area contributed by atoms with Crippen LogP contribution in [0.25, 0.3) is 0 Å². The highest BCUT2D eigenvalue weighted by Crippen LogP contribution is 2.20. The van der Waals surface area contributed by atoms with Crippen LogP contribution in [0.2, 0.25) is 0 Å². The maximum Gasteiger partial charge on any atom is 0.232 e. The van der Waals surface area contributed by atoms with Crippen LogP contribution in [0.3, 0.4) is 0 Å². The number of nitrogens with zero attached hydrogens (tertiary/aromatic N) is 5. The smallest absolute Gasteiger partial charge is 0.232 e. The third-order valence-electron chi connectivity index (χ3n) is 2.98. The molecule has 7 heteroatoms. The minimum absolute atomic E-state index is 0.162. The fourth-order valence-electron chi connectivity index (χ4n) is 2.23. The van der Waals surface area contributed by atoms with Crippen molar-refractivity contribution < 1.29 is 4.74 Å². The van der Waals surface area contributed by atoms with Crippen molar-refractivity contribution in [1.82, 2.24) is 15.0 Å². The molecule has 1 saturated heterocycles. The summed E-state index contributed by atoms with van der Waals surface area (Å²) in [7, 11) is 1.98. The van der Waals surface area contributed by atoms with Crippen molar-refractivity contribution >= 4 is 17.8 Å². The lowest BCUT2D eigenvalue weighted by Crippen LogP contribution is -2.38. The van der Waals surface area contributed by atoms with E-state index in [2.05, 4.69) is 40.6 Å². The Morgan fingerprint density at radius 1 is 1.20 bits per heavy atom. The Bertz CT molecular complexity index is 453. The molecule has 112 valence electrons. The van der Waals surface area contributed by atoms with Crippen LogP contribution in [0.4, 0.5) is 17.8 Å². The number of hydrogen-bond donors (Lipinski definition) is 1. The molecule has 1 aliphatic rings. The molecule has 2 rings (SSSR count). The van der Waals surface area contributed by atoms with E-state index in [0.717, 1.165) is 19.6 Å². The Hall–Kier alpha value is -1.63. The van der Waals surface area contributed by atoms with E-state index in [9.17, 15) is 0 Å². The molecule has 1 aromatic heterocycles. The number of anilines is 3. The molecule has 0 aromatic carbocycles. The second-order valence-corrected chi connectivity index (χ2v) is 6.31. The van der Waals surface area contributed by atoms with Crippen molar-refractivity contribution in [3.8, 4) is 0 Å². The molecule has 0 amide bonds. The number of aromatic nitrogens is 3. The molecule has 2 heterocycles. The number of rotatable bonds is 3. The summed E-state index contributed by atoms with van der Waals surface area (Å²) in [4.78, 5) is 17.1. The highest BCUT2D eigenvalue weighted by atomic mass is 16.5. The van der Waals surface area contributed by atoms with Crippen LogP contribution in [-0.4, -0.2) is 54.8 Å². The highest BCUT2D eigenvalue weighted by Gasteiger charge is 2.19. The van der Waals surface area contributed by atoms with Crippen molar-refractivity contribution in [2.45, 2.75) is 20.8 Å². The van der Waals surface area contributed by atoms with E-state index in [1.165, 1.54) is 0 Å². The molecule has 2 N–H and O–H groups in total. The Morgan fingerprint density at radius 3 is 2.45 bits per heavy atom. The van der Waals surface area contributed by atoms with Crippen LogP contribution in [0.15, 0.2) is 0 Å². The molecule has 0 aliphatic carbocycles. The van der Waals surface area contributed by atoms with E-state index in [4.69, 9.17) is 10.5 Å². The number of ether oxygens (including phenoxy) is 1. The van der Waals surface area contributed by atoms with Crippen LogP contribution in [0.1, 0.15) is 20.8 Å². The largest absolute Gasteiger partial charge is 0.378 e. The van der Waals surface area contributed by atoms with Gasteiger partial charge in [0.1, 0.15) is 0 Å². The summed E-state index contributed by atoms with van der Waals surface area (Å²) in [6, 6.07) is 0. The van der Waals surface area contributed by atoms with Gasteiger partial charge in [-0.15, -0.1) is 0 Å². The molecule has 0 atom stereocenters. The maximum atomic E-state index is 5.82.